The van der Waals surface area contributed by atoms with E-state index in [-0.39, 0.29) is 0 Å². The van der Waals surface area contributed by atoms with E-state index in [2.05, 4.69) is 217 Å². The summed E-state index contributed by atoms with van der Waals surface area (Å²) in [7, 11) is -0.837. The Balaban J connectivity index is 0.988. The summed E-state index contributed by atoms with van der Waals surface area (Å²) >= 11 is 0. The fourth-order valence-corrected chi connectivity index (χ4v) is 9.52. The molecule has 4 nitrogen and oxygen atoms in total. The fourth-order valence-electron chi connectivity index (χ4n) is 8.57. The van der Waals surface area contributed by atoms with Gasteiger partial charge in [-0.25, -0.2) is 10.0 Å². The van der Waals surface area contributed by atoms with Gasteiger partial charge in [-0.3, -0.25) is 0 Å². The molecule has 0 atom stereocenters. The molecule has 9 aromatic rings. The predicted octanol–water partition coefficient (Wildman–Crippen LogP) is 15.5. The number of fused-ring (bicyclic) bond motifs is 5. The number of rotatable bonds is 7. The molecular weight excluding hydrogens is 729 g/mol. The van der Waals surface area contributed by atoms with Gasteiger partial charge in [-0.1, -0.05) is 66.7 Å². The average molecular weight is 769 g/mol. The standard InChI is InChI=1S/C53H40N2O2S/c1-58(2,3)43-24-20-39(21-25-43)54(37-14-6-4-7-15-37)41-22-26-44-46-28-31-49-53-47(29-30-48(52(46)53)56-50(44)33-41)45-27-23-42(34-51(45)57-49)55(38-16-8-5-9-17-38)40-19-18-35-12-10-11-13-36(35)32-40/h4-34H,1-3H3. The van der Waals surface area contributed by atoms with E-state index >= 15 is 0 Å². The topological polar surface area (TPSA) is 24.9 Å². The molecule has 11 rings (SSSR count). The van der Waals surface area contributed by atoms with Gasteiger partial charge in [0.15, 0.2) is 0 Å². The molecule has 0 aliphatic carbocycles. The lowest BCUT2D eigenvalue weighted by molar-refractivity contribution is 0.480. The highest BCUT2D eigenvalue weighted by atomic mass is 32.3. The Kier molecular flexibility index (Phi) is 7.88. The van der Waals surface area contributed by atoms with Crippen LogP contribution in [0.5, 0.6) is 23.0 Å². The first-order chi connectivity index (χ1) is 28.4. The van der Waals surface area contributed by atoms with Crippen LogP contribution in [0.15, 0.2) is 193 Å². The minimum Gasteiger partial charge on any atom is -0.456 e. The summed E-state index contributed by atoms with van der Waals surface area (Å²) in [4.78, 5) is 5.99. The van der Waals surface area contributed by atoms with Gasteiger partial charge < -0.3 is 19.3 Å². The molecule has 0 N–H and O–H groups in total. The van der Waals surface area contributed by atoms with Crippen LogP contribution in [-0.4, -0.2) is 18.8 Å². The zero-order valence-corrected chi connectivity index (χ0v) is 33.3. The molecule has 5 heteroatoms. The first kappa shape index (κ1) is 34.3. The van der Waals surface area contributed by atoms with E-state index in [1.54, 1.807) is 0 Å². The smallest absolute Gasteiger partial charge is 0.137 e. The fraction of sp³-hybridized carbons (Fsp3) is 0.0566. The van der Waals surface area contributed by atoms with Gasteiger partial charge in [0.05, 0.1) is 0 Å². The lowest BCUT2D eigenvalue weighted by Crippen LogP contribution is -2.11. The second-order valence-electron chi connectivity index (χ2n) is 15.7. The summed E-state index contributed by atoms with van der Waals surface area (Å²) in [6.45, 7) is 0. The predicted molar refractivity (Wildman–Crippen MR) is 245 cm³/mol. The van der Waals surface area contributed by atoms with Crippen LogP contribution in [0.4, 0.5) is 34.1 Å². The maximum Gasteiger partial charge on any atom is 0.137 e. The highest BCUT2D eigenvalue weighted by Gasteiger charge is 2.29. The van der Waals surface area contributed by atoms with E-state index < -0.39 is 10.0 Å². The van der Waals surface area contributed by atoms with Gasteiger partial charge in [-0.05, 0) is 155 Å². The van der Waals surface area contributed by atoms with Gasteiger partial charge in [-0.2, -0.15) is 0 Å². The molecule has 2 aliphatic rings. The highest BCUT2D eigenvalue weighted by Crippen LogP contribution is 2.56. The molecule has 0 spiro atoms. The molecule has 0 saturated heterocycles. The second kappa shape index (κ2) is 13.3. The molecule has 0 radical (unpaired) electrons. The molecule has 0 saturated carbocycles. The molecule has 0 amide bonds. The van der Waals surface area contributed by atoms with Crippen LogP contribution >= 0.6 is 10.0 Å². The van der Waals surface area contributed by atoms with Crippen molar-refractivity contribution in [3.63, 3.8) is 0 Å². The van der Waals surface area contributed by atoms with Crippen LogP contribution in [0.1, 0.15) is 0 Å². The Hall–Kier alpha value is -6.95. The first-order valence-electron chi connectivity index (χ1n) is 19.6. The molecule has 0 unspecified atom stereocenters. The number of nitrogens with zero attached hydrogens (tertiary/aromatic N) is 2. The maximum absolute atomic E-state index is 6.84. The van der Waals surface area contributed by atoms with Crippen molar-refractivity contribution < 1.29 is 9.47 Å². The van der Waals surface area contributed by atoms with Crippen molar-refractivity contribution in [2.45, 2.75) is 4.90 Å². The van der Waals surface area contributed by atoms with E-state index in [1.165, 1.54) is 15.7 Å². The Morgan fingerprint density at radius 1 is 0.328 bits per heavy atom. The molecule has 2 aliphatic heterocycles. The third kappa shape index (κ3) is 5.69. The summed E-state index contributed by atoms with van der Waals surface area (Å²) in [5, 5.41) is 4.57. The number of anilines is 6. The van der Waals surface area contributed by atoms with Crippen molar-refractivity contribution in [2.75, 3.05) is 28.6 Å². The lowest BCUT2D eigenvalue weighted by Gasteiger charge is -2.31. The number of para-hydroxylation sites is 2. The van der Waals surface area contributed by atoms with Crippen LogP contribution in [0.25, 0.3) is 43.8 Å². The van der Waals surface area contributed by atoms with Gasteiger partial charge in [0, 0.05) is 68.2 Å². The SMILES string of the molecule is CS(C)(C)c1ccc(N(c2ccccc2)c2ccc3c(c2)Oc2ccc4c5c(ccc-3c25)Oc2cc(N(c3ccccc3)c3ccc5ccccc5c3)ccc2-4)cc1. The van der Waals surface area contributed by atoms with Gasteiger partial charge in [-0.15, -0.1) is 0 Å². The molecule has 9 aromatic carbocycles. The largest absolute Gasteiger partial charge is 0.456 e. The molecule has 0 fully saturated rings. The number of ether oxygens (including phenoxy) is 2. The van der Waals surface area contributed by atoms with Crippen molar-refractivity contribution in [2.24, 2.45) is 0 Å². The summed E-state index contributed by atoms with van der Waals surface area (Å²) in [6, 6.07) is 67.0. The normalized spacial score (nSPS) is 12.6. The summed E-state index contributed by atoms with van der Waals surface area (Å²) < 4.78 is 13.7. The third-order valence-corrected chi connectivity index (χ3v) is 13.1. The average Bonchev–Trinajstić information content (AvgIpc) is 3.25. The number of hydrogen-bond acceptors (Lipinski definition) is 4. The summed E-state index contributed by atoms with van der Waals surface area (Å²) in [5.74, 6) is 3.33. The quantitative estimate of drug-likeness (QED) is 0.161. The van der Waals surface area contributed by atoms with E-state index in [0.717, 1.165) is 90.1 Å². The zero-order valence-electron chi connectivity index (χ0n) is 32.5. The van der Waals surface area contributed by atoms with Crippen molar-refractivity contribution in [1.82, 2.24) is 0 Å². The number of benzene rings is 9. The van der Waals surface area contributed by atoms with Gasteiger partial charge in [0.2, 0.25) is 0 Å². The lowest BCUT2D eigenvalue weighted by atomic mass is 9.88. The summed E-state index contributed by atoms with van der Waals surface area (Å²) in [6.07, 6.45) is 7.00. The van der Waals surface area contributed by atoms with Crippen LogP contribution in [-0.2, 0) is 0 Å². The third-order valence-electron chi connectivity index (χ3n) is 11.4. The van der Waals surface area contributed by atoms with E-state index in [0.29, 0.717) is 0 Å². The minimum atomic E-state index is -0.837. The summed E-state index contributed by atoms with van der Waals surface area (Å²) in [5.41, 5.74) is 10.8. The Bertz CT molecular complexity index is 3050. The van der Waals surface area contributed by atoms with Crippen LogP contribution in [0, 0.1) is 0 Å². The van der Waals surface area contributed by atoms with Gasteiger partial charge in [0.25, 0.3) is 0 Å². The second-order valence-corrected chi connectivity index (χ2v) is 19.9. The maximum atomic E-state index is 6.84. The van der Waals surface area contributed by atoms with Gasteiger partial charge in [0.1, 0.15) is 23.0 Å². The highest BCUT2D eigenvalue weighted by molar-refractivity contribution is 8.32. The van der Waals surface area contributed by atoms with E-state index in [4.69, 9.17) is 9.47 Å². The molecule has 58 heavy (non-hydrogen) atoms. The monoisotopic (exact) mass is 768 g/mol. The molecule has 280 valence electrons. The van der Waals surface area contributed by atoms with Crippen molar-refractivity contribution in [1.29, 1.82) is 0 Å². The first-order valence-corrected chi connectivity index (χ1v) is 22.5. The van der Waals surface area contributed by atoms with Crippen LogP contribution in [0.3, 0.4) is 0 Å². The van der Waals surface area contributed by atoms with E-state index in [1.807, 2.05) is 0 Å². The van der Waals surface area contributed by atoms with Crippen molar-refractivity contribution in [3.05, 3.63) is 188 Å². The minimum absolute atomic E-state index is 0.828. The molecular formula is C53H40N2O2S. The van der Waals surface area contributed by atoms with Crippen LogP contribution < -0.4 is 19.3 Å². The number of hydrogen-bond donors (Lipinski definition) is 0. The van der Waals surface area contributed by atoms with E-state index in [9.17, 15) is 0 Å². The van der Waals surface area contributed by atoms with Gasteiger partial charge >= 0.3 is 0 Å². The van der Waals surface area contributed by atoms with Crippen molar-refractivity contribution in [3.8, 4) is 45.3 Å². The Morgan fingerprint density at radius 2 is 0.741 bits per heavy atom. The molecule has 2 heterocycles. The zero-order chi connectivity index (χ0) is 39.0. The molecule has 0 aromatic heterocycles. The Labute approximate surface area is 340 Å². The van der Waals surface area contributed by atoms with Crippen molar-refractivity contribution >= 4 is 65.7 Å². The Morgan fingerprint density at radius 3 is 1.28 bits per heavy atom. The van der Waals surface area contributed by atoms with Crippen LogP contribution in [0.2, 0.25) is 0 Å². The molecule has 0 bridgehead atoms.